The van der Waals surface area contributed by atoms with E-state index in [0.717, 1.165) is 11.1 Å². The fourth-order valence-corrected chi connectivity index (χ4v) is 1.76. The summed E-state index contributed by atoms with van der Waals surface area (Å²) >= 11 is 5.72. The number of halogens is 1. The highest BCUT2D eigenvalue weighted by atomic mass is 35.5. The Labute approximate surface area is 122 Å². The molecule has 0 aliphatic heterocycles. The molecule has 0 spiro atoms. The third-order valence-corrected chi connectivity index (χ3v) is 3.13. The highest BCUT2D eigenvalue weighted by Crippen LogP contribution is 2.20. The van der Waals surface area contributed by atoms with Crippen LogP contribution in [-0.4, -0.2) is 17.5 Å². The molecular weight excluding hydrogens is 276 g/mol. The molecule has 1 amide bonds. The number of nitrogens with one attached hydrogen (secondary N) is 1. The smallest absolute Gasteiger partial charge is 0.263 e. The molecule has 1 N–H and O–H groups in total. The fourth-order valence-electron chi connectivity index (χ4n) is 1.65. The maximum absolute atomic E-state index is 11.8. The van der Waals surface area contributed by atoms with Crippen molar-refractivity contribution in [1.82, 2.24) is 4.98 Å². The third kappa shape index (κ3) is 3.71. The van der Waals surface area contributed by atoms with Crippen molar-refractivity contribution in [3.63, 3.8) is 0 Å². The van der Waals surface area contributed by atoms with Crippen LogP contribution < -0.4 is 10.1 Å². The van der Waals surface area contributed by atoms with E-state index < -0.39 is 0 Å². The second-order valence-corrected chi connectivity index (χ2v) is 4.83. The second kappa shape index (κ2) is 6.39. The van der Waals surface area contributed by atoms with Gasteiger partial charge in [-0.15, -0.1) is 0 Å². The summed E-state index contributed by atoms with van der Waals surface area (Å²) in [5.41, 5.74) is 2.16. The van der Waals surface area contributed by atoms with E-state index in [1.165, 1.54) is 6.20 Å². The minimum absolute atomic E-state index is 0.0609. The number of aromatic nitrogens is 1. The lowest BCUT2D eigenvalue weighted by Gasteiger charge is -2.10. The van der Waals surface area contributed by atoms with Crippen molar-refractivity contribution >= 4 is 23.3 Å². The van der Waals surface area contributed by atoms with Gasteiger partial charge >= 0.3 is 0 Å². The van der Waals surface area contributed by atoms with Gasteiger partial charge in [0.25, 0.3) is 5.91 Å². The monoisotopic (exact) mass is 290 g/mol. The number of rotatable bonds is 4. The van der Waals surface area contributed by atoms with Crippen molar-refractivity contribution in [3.8, 4) is 5.75 Å². The Bertz CT molecular complexity index is 612. The van der Waals surface area contributed by atoms with Gasteiger partial charge in [0.1, 0.15) is 11.6 Å². The SMILES string of the molecule is Cc1cccc(OCC(=O)Nc2ccc(Cl)cn2)c1C. The molecule has 1 aromatic carbocycles. The lowest BCUT2D eigenvalue weighted by atomic mass is 10.1. The lowest BCUT2D eigenvalue weighted by Crippen LogP contribution is -2.21. The summed E-state index contributed by atoms with van der Waals surface area (Å²) in [6.07, 6.45) is 1.47. The molecule has 20 heavy (non-hydrogen) atoms. The highest BCUT2D eigenvalue weighted by Gasteiger charge is 2.07. The van der Waals surface area contributed by atoms with Crippen molar-refractivity contribution < 1.29 is 9.53 Å². The van der Waals surface area contributed by atoms with Gasteiger partial charge in [-0.2, -0.15) is 0 Å². The number of carbonyl (C=O) groups excluding carboxylic acids is 1. The first-order valence-electron chi connectivity index (χ1n) is 6.16. The predicted octanol–water partition coefficient (Wildman–Crippen LogP) is 3.37. The van der Waals surface area contributed by atoms with Crippen LogP contribution in [0, 0.1) is 13.8 Å². The molecule has 0 aliphatic rings. The van der Waals surface area contributed by atoms with E-state index in [1.54, 1.807) is 12.1 Å². The third-order valence-electron chi connectivity index (χ3n) is 2.91. The van der Waals surface area contributed by atoms with Gasteiger partial charge < -0.3 is 10.1 Å². The maximum atomic E-state index is 11.8. The molecule has 2 aromatic rings. The standard InChI is InChI=1S/C15H15ClN2O2/c1-10-4-3-5-13(11(10)2)20-9-15(19)18-14-7-6-12(16)8-17-14/h3-8H,9H2,1-2H3,(H,17,18,19). The second-order valence-electron chi connectivity index (χ2n) is 4.40. The molecule has 1 aromatic heterocycles. The van der Waals surface area contributed by atoms with E-state index in [1.807, 2.05) is 32.0 Å². The number of aryl methyl sites for hydroxylation is 1. The average Bonchev–Trinajstić information content (AvgIpc) is 2.43. The molecule has 0 radical (unpaired) electrons. The van der Waals surface area contributed by atoms with Gasteiger partial charge in [0.15, 0.2) is 6.61 Å². The van der Waals surface area contributed by atoms with Gasteiger partial charge in [-0.05, 0) is 43.2 Å². The zero-order valence-corrected chi connectivity index (χ0v) is 12.1. The summed E-state index contributed by atoms with van der Waals surface area (Å²) in [6, 6.07) is 9.04. The van der Waals surface area contributed by atoms with E-state index in [2.05, 4.69) is 10.3 Å². The summed E-state index contributed by atoms with van der Waals surface area (Å²) in [4.78, 5) is 15.7. The number of anilines is 1. The fraction of sp³-hybridized carbons (Fsp3) is 0.200. The van der Waals surface area contributed by atoms with Gasteiger partial charge in [0, 0.05) is 6.20 Å². The van der Waals surface area contributed by atoms with Gasteiger partial charge in [0.2, 0.25) is 0 Å². The van der Waals surface area contributed by atoms with Gasteiger partial charge in [-0.25, -0.2) is 4.98 Å². The van der Waals surface area contributed by atoms with Crippen molar-refractivity contribution in [2.75, 3.05) is 11.9 Å². The average molecular weight is 291 g/mol. The summed E-state index contributed by atoms with van der Waals surface area (Å²) in [5.74, 6) is 0.897. The molecule has 5 heteroatoms. The molecule has 0 bridgehead atoms. The summed E-state index contributed by atoms with van der Waals surface area (Å²) in [7, 11) is 0. The lowest BCUT2D eigenvalue weighted by molar-refractivity contribution is -0.118. The number of pyridine rings is 1. The van der Waals surface area contributed by atoms with Crippen LogP contribution in [0.3, 0.4) is 0 Å². The molecule has 0 saturated heterocycles. The molecule has 0 fully saturated rings. The zero-order chi connectivity index (χ0) is 14.5. The van der Waals surface area contributed by atoms with Crippen molar-refractivity contribution in [1.29, 1.82) is 0 Å². The molecule has 104 valence electrons. The number of benzene rings is 1. The van der Waals surface area contributed by atoms with Gasteiger partial charge in [-0.1, -0.05) is 23.7 Å². The Balaban J connectivity index is 1.92. The molecule has 2 rings (SSSR count). The topological polar surface area (TPSA) is 51.2 Å². The number of hydrogen-bond acceptors (Lipinski definition) is 3. The molecule has 0 saturated carbocycles. The van der Waals surface area contributed by atoms with Crippen molar-refractivity contribution in [3.05, 3.63) is 52.7 Å². The van der Waals surface area contributed by atoms with Crippen LogP contribution in [0.5, 0.6) is 5.75 Å². The minimum atomic E-state index is -0.263. The van der Waals surface area contributed by atoms with E-state index >= 15 is 0 Å². The van der Waals surface area contributed by atoms with Crippen LogP contribution in [0.15, 0.2) is 36.5 Å². The highest BCUT2D eigenvalue weighted by molar-refractivity contribution is 6.30. The van der Waals surface area contributed by atoms with E-state index in [0.29, 0.717) is 16.6 Å². The Morgan fingerprint density at radius 3 is 2.80 bits per heavy atom. The van der Waals surface area contributed by atoms with Crippen LogP contribution in [0.4, 0.5) is 5.82 Å². The number of carbonyl (C=O) groups is 1. The van der Waals surface area contributed by atoms with E-state index in [9.17, 15) is 4.79 Å². The molecule has 0 atom stereocenters. The van der Waals surface area contributed by atoms with E-state index in [4.69, 9.17) is 16.3 Å². The van der Waals surface area contributed by atoms with Gasteiger partial charge in [-0.3, -0.25) is 4.79 Å². The molecule has 1 heterocycles. The summed E-state index contributed by atoms with van der Waals surface area (Å²) in [6.45, 7) is 3.90. The summed E-state index contributed by atoms with van der Waals surface area (Å²) < 4.78 is 5.51. The predicted molar refractivity (Wildman–Crippen MR) is 79.3 cm³/mol. The quantitative estimate of drug-likeness (QED) is 0.939. The Hall–Kier alpha value is -2.07. The molecule has 0 aliphatic carbocycles. The largest absolute Gasteiger partial charge is 0.483 e. The molecule has 4 nitrogen and oxygen atoms in total. The Morgan fingerprint density at radius 2 is 2.10 bits per heavy atom. The van der Waals surface area contributed by atoms with Crippen molar-refractivity contribution in [2.24, 2.45) is 0 Å². The number of amides is 1. The first-order valence-corrected chi connectivity index (χ1v) is 6.54. The van der Waals surface area contributed by atoms with Crippen molar-refractivity contribution in [2.45, 2.75) is 13.8 Å². The first kappa shape index (κ1) is 14.3. The zero-order valence-electron chi connectivity index (χ0n) is 11.3. The van der Waals surface area contributed by atoms with Crippen LogP contribution in [0.25, 0.3) is 0 Å². The first-order chi connectivity index (χ1) is 9.56. The number of ether oxygens (including phenoxy) is 1. The van der Waals surface area contributed by atoms with Crippen LogP contribution in [-0.2, 0) is 4.79 Å². The van der Waals surface area contributed by atoms with Crippen LogP contribution in [0.2, 0.25) is 5.02 Å². The van der Waals surface area contributed by atoms with E-state index in [-0.39, 0.29) is 12.5 Å². The number of hydrogen-bond donors (Lipinski definition) is 1. The minimum Gasteiger partial charge on any atom is -0.483 e. The van der Waals surface area contributed by atoms with Gasteiger partial charge in [0.05, 0.1) is 5.02 Å². The normalized spacial score (nSPS) is 10.2. The summed E-state index contributed by atoms with van der Waals surface area (Å²) in [5, 5.41) is 3.16. The van der Waals surface area contributed by atoms with Crippen LogP contribution >= 0.6 is 11.6 Å². The number of nitrogens with zero attached hydrogens (tertiary/aromatic N) is 1. The Kier molecular flexibility index (Phi) is 4.58. The Morgan fingerprint density at radius 1 is 1.30 bits per heavy atom. The molecule has 0 unspecified atom stereocenters. The maximum Gasteiger partial charge on any atom is 0.263 e. The van der Waals surface area contributed by atoms with Crippen LogP contribution in [0.1, 0.15) is 11.1 Å². The molecular formula is C15H15ClN2O2.